The largest absolute Gasteiger partial charge is 0.492 e. The van der Waals surface area contributed by atoms with E-state index in [0.29, 0.717) is 13.0 Å². The summed E-state index contributed by atoms with van der Waals surface area (Å²) in [5.74, 6) is 0.860. The third-order valence-corrected chi connectivity index (χ3v) is 6.60. The number of nitrogens with zero attached hydrogens (tertiary/aromatic N) is 3. The van der Waals surface area contributed by atoms with Gasteiger partial charge in [-0.05, 0) is 85.1 Å². The number of benzene rings is 3. The summed E-state index contributed by atoms with van der Waals surface area (Å²) in [6.07, 6.45) is 3.33. The number of allylic oxidation sites excluding steroid dienone is 1. The minimum absolute atomic E-state index is 0. The fourth-order valence-electron chi connectivity index (χ4n) is 4.20. The number of halogens is 2. The van der Waals surface area contributed by atoms with Gasteiger partial charge in [-0.15, -0.1) is 12.4 Å². The van der Waals surface area contributed by atoms with Crippen LogP contribution in [0.15, 0.2) is 77.4 Å². The molecule has 0 fully saturated rings. The van der Waals surface area contributed by atoms with Gasteiger partial charge in [-0.25, -0.2) is 0 Å². The molecule has 5 nitrogen and oxygen atoms in total. The van der Waals surface area contributed by atoms with Crippen LogP contribution in [0.5, 0.6) is 5.75 Å². The van der Waals surface area contributed by atoms with E-state index in [1.54, 1.807) is 0 Å². The number of fused-ring (bicyclic) bond motifs is 1. The smallest absolute Gasteiger partial charge is 0.119 e. The standard InChI is InChI=1S/C29H32BrN3O2.ClH/c1-32(2)16-18-35-26-14-10-22(11-15-26)29(21-8-12-25(30)13-9-21)27(5-4-17-34)23-6-7-24-20-31-33(3)28(24)19-23;/h6-15,19-20,34H,4-5,16-18H2,1-3H3;1H/b29-27-;. The molecular weight excluding hydrogens is 538 g/mol. The molecule has 4 aromatic rings. The van der Waals surface area contributed by atoms with Crippen molar-refractivity contribution < 1.29 is 9.84 Å². The van der Waals surface area contributed by atoms with E-state index < -0.39 is 0 Å². The zero-order valence-corrected chi connectivity index (χ0v) is 23.3. The fourth-order valence-corrected chi connectivity index (χ4v) is 4.46. The highest BCUT2D eigenvalue weighted by Crippen LogP contribution is 2.37. The van der Waals surface area contributed by atoms with Crippen molar-refractivity contribution in [2.45, 2.75) is 12.8 Å². The monoisotopic (exact) mass is 569 g/mol. The molecule has 0 bridgehead atoms. The van der Waals surface area contributed by atoms with Gasteiger partial charge in [-0.3, -0.25) is 4.68 Å². The van der Waals surface area contributed by atoms with Crippen LogP contribution in [-0.4, -0.2) is 53.6 Å². The molecule has 3 aromatic carbocycles. The number of hydrogen-bond donors (Lipinski definition) is 1. The Morgan fingerprint density at radius 2 is 1.61 bits per heavy atom. The molecule has 0 unspecified atom stereocenters. The molecule has 0 aliphatic carbocycles. The van der Waals surface area contributed by atoms with E-state index >= 15 is 0 Å². The molecule has 0 radical (unpaired) electrons. The van der Waals surface area contributed by atoms with E-state index in [2.05, 4.69) is 80.5 Å². The van der Waals surface area contributed by atoms with Crippen LogP contribution in [0.1, 0.15) is 29.5 Å². The van der Waals surface area contributed by atoms with Crippen molar-refractivity contribution in [1.29, 1.82) is 0 Å². The molecule has 4 rings (SSSR count). The highest BCUT2D eigenvalue weighted by atomic mass is 79.9. The SMILES string of the molecule is CN(C)CCOc1ccc(/C(=C(/CCCO)c2ccc3cnn(C)c3c2)c2ccc(Br)cc2)cc1.Cl. The molecular formula is C29H33BrClN3O2. The molecule has 0 atom stereocenters. The van der Waals surface area contributed by atoms with Gasteiger partial charge in [0.05, 0.1) is 11.7 Å². The molecule has 1 aromatic heterocycles. The van der Waals surface area contributed by atoms with E-state index in [1.165, 1.54) is 5.57 Å². The third-order valence-electron chi connectivity index (χ3n) is 6.07. The first-order valence-corrected chi connectivity index (χ1v) is 12.7. The summed E-state index contributed by atoms with van der Waals surface area (Å²) in [4.78, 5) is 2.11. The zero-order chi connectivity index (χ0) is 24.8. The molecule has 0 aliphatic rings. The lowest BCUT2D eigenvalue weighted by atomic mass is 9.87. The summed E-state index contributed by atoms with van der Waals surface area (Å²) in [5.41, 5.74) is 6.83. The van der Waals surface area contributed by atoms with Gasteiger partial charge in [0.15, 0.2) is 0 Å². The summed E-state index contributed by atoms with van der Waals surface area (Å²) in [6.45, 7) is 1.66. The fraction of sp³-hybridized carbons (Fsp3) is 0.276. The maximum Gasteiger partial charge on any atom is 0.119 e. The maximum absolute atomic E-state index is 9.70. The van der Waals surface area contributed by atoms with E-state index in [9.17, 15) is 5.11 Å². The van der Waals surface area contributed by atoms with Crippen LogP contribution in [-0.2, 0) is 7.05 Å². The van der Waals surface area contributed by atoms with Crippen LogP contribution in [0, 0.1) is 0 Å². The number of aliphatic hydroxyl groups excluding tert-OH is 1. The summed E-state index contributed by atoms with van der Waals surface area (Å²) in [7, 11) is 6.05. The highest BCUT2D eigenvalue weighted by molar-refractivity contribution is 9.10. The summed E-state index contributed by atoms with van der Waals surface area (Å²) in [5, 5.41) is 15.2. The zero-order valence-electron chi connectivity index (χ0n) is 20.9. The van der Waals surface area contributed by atoms with E-state index in [-0.39, 0.29) is 19.0 Å². The first kappa shape index (κ1) is 27.9. The quantitative estimate of drug-likeness (QED) is 0.223. The van der Waals surface area contributed by atoms with E-state index in [4.69, 9.17) is 4.74 Å². The molecule has 0 saturated heterocycles. The van der Waals surface area contributed by atoms with Crippen molar-refractivity contribution in [3.05, 3.63) is 94.1 Å². The maximum atomic E-state index is 9.70. The second kappa shape index (κ2) is 13.1. The average molecular weight is 571 g/mol. The van der Waals surface area contributed by atoms with Gasteiger partial charge in [-0.1, -0.05) is 52.3 Å². The van der Waals surface area contributed by atoms with E-state index in [0.717, 1.165) is 56.4 Å². The Hall–Kier alpha value is -2.64. The Bertz CT molecular complexity index is 1300. The predicted molar refractivity (Wildman–Crippen MR) is 155 cm³/mol. The lowest BCUT2D eigenvalue weighted by Crippen LogP contribution is -2.19. The molecule has 0 amide bonds. The van der Waals surface area contributed by atoms with Gasteiger partial charge >= 0.3 is 0 Å². The van der Waals surface area contributed by atoms with Crippen molar-refractivity contribution >= 4 is 50.4 Å². The van der Waals surface area contributed by atoms with Crippen molar-refractivity contribution in [2.24, 2.45) is 7.05 Å². The number of aryl methyl sites for hydroxylation is 1. The summed E-state index contributed by atoms with van der Waals surface area (Å²) in [6, 6.07) is 23.2. The van der Waals surface area contributed by atoms with Crippen LogP contribution >= 0.6 is 28.3 Å². The molecule has 0 aliphatic heterocycles. The normalized spacial score (nSPS) is 11.9. The van der Waals surface area contributed by atoms with Crippen molar-refractivity contribution in [3.8, 4) is 5.75 Å². The lowest BCUT2D eigenvalue weighted by molar-refractivity contribution is 0.261. The van der Waals surface area contributed by atoms with Gasteiger partial charge in [0.25, 0.3) is 0 Å². The van der Waals surface area contributed by atoms with Crippen LogP contribution in [0.4, 0.5) is 0 Å². The summed E-state index contributed by atoms with van der Waals surface area (Å²) >= 11 is 3.57. The van der Waals surface area contributed by atoms with Crippen molar-refractivity contribution in [3.63, 3.8) is 0 Å². The predicted octanol–water partition coefficient (Wildman–Crippen LogP) is 6.43. The number of rotatable bonds is 10. The average Bonchev–Trinajstić information content (AvgIpc) is 3.23. The van der Waals surface area contributed by atoms with Gasteiger partial charge in [0, 0.05) is 30.1 Å². The highest BCUT2D eigenvalue weighted by Gasteiger charge is 2.16. The molecule has 1 N–H and O–H groups in total. The minimum Gasteiger partial charge on any atom is -0.492 e. The van der Waals surface area contributed by atoms with Crippen molar-refractivity contribution in [2.75, 3.05) is 33.9 Å². The Morgan fingerprint density at radius 1 is 0.972 bits per heavy atom. The Morgan fingerprint density at radius 3 is 2.25 bits per heavy atom. The number of aromatic nitrogens is 2. The van der Waals surface area contributed by atoms with Gasteiger partial charge < -0.3 is 14.7 Å². The Kier molecular flexibility index (Phi) is 10.1. The molecule has 7 heteroatoms. The first-order chi connectivity index (χ1) is 17.0. The third kappa shape index (κ3) is 6.77. The van der Waals surface area contributed by atoms with Crippen LogP contribution in [0.2, 0.25) is 0 Å². The van der Waals surface area contributed by atoms with Gasteiger partial charge in [-0.2, -0.15) is 5.10 Å². The summed E-state index contributed by atoms with van der Waals surface area (Å²) < 4.78 is 8.87. The number of ether oxygens (including phenoxy) is 1. The van der Waals surface area contributed by atoms with Gasteiger partial charge in [0.2, 0.25) is 0 Å². The topological polar surface area (TPSA) is 50.5 Å². The molecule has 1 heterocycles. The second-order valence-corrected chi connectivity index (χ2v) is 9.82. The molecule has 0 spiro atoms. The van der Waals surface area contributed by atoms with Crippen LogP contribution in [0.25, 0.3) is 22.0 Å². The number of aliphatic hydroxyl groups is 1. The van der Waals surface area contributed by atoms with Crippen molar-refractivity contribution in [1.82, 2.24) is 14.7 Å². The van der Waals surface area contributed by atoms with Crippen LogP contribution in [0.3, 0.4) is 0 Å². The molecule has 190 valence electrons. The number of likely N-dealkylation sites (N-methyl/N-ethyl adjacent to an activating group) is 1. The Labute approximate surface area is 227 Å². The first-order valence-electron chi connectivity index (χ1n) is 11.9. The van der Waals surface area contributed by atoms with Gasteiger partial charge in [0.1, 0.15) is 12.4 Å². The molecule has 0 saturated carbocycles. The minimum atomic E-state index is 0. The number of hydrogen-bond acceptors (Lipinski definition) is 4. The van der Waals surface area contributed by atoms with Crippen LogP contribution < -0.4 is 4.74 Å². The molecule has 36 heavy (non-hydrogen) atoms. The van der Waals surface area contributed by atoms with E-state index in [1.807, 2.05) is 44.2 Å². The Balaban J connectivity index is 0.00000361. The second-order valence-electron chi connectivity index (χ2n) is 8.91. The lowest BCUT2D eigenvalue weighted by Gasteiger charge is -2.18.